The monoisotopic (exact) mass is 258 g/mol. The second-order valence-electron chi connectivity index (χ2n) is 5.59. The first-order valence-electron chi connectivity index (χ1n) is 6.94. The standard InChI is InChI=1S/C14H30N2O2/c1-5-16(11-8-13(17)18-4)10-7-6-9-14(2,3)12-15/h5-12,15H2,1-4H3. The number of rotatable bonds is 10. The van der Waals surface area contributed by atoms with Gasteiger partial charge in [0, 0.05) is 6.54 Å². The Labute approximate surface area is 112 Å². The number of unbranched alkanes of at least 4 members (excludes halogenated alkanes) is 1. The van der Waals surface area contributed by atoms with Crippen LogP contribution in [0.15, 0.2) is 0 Å². The van der Waals surface area contributed by atoms with Crippen molar-refractivity contribution in [3.05, 3.63) is 0 Å². The molecule has 18 heavy (non-hydrogen) atoms. The summed E-state index contributed by atoms with van der Waals surface area (Å²) in [7, 11) is 1.44. The van der Waals surface area contributed by atoms with Crippen molar-refractivity contribution in [3.8, 4) is 0 Å². The number of carbonyl (C=O) groups excluding carboxylic acids is 1. The number of hydrogen-bond donors (Lipinski definition) is 1. The second-order valence-corrected chi connectivity index (χ2v) is 5.59. The highest BCUT2D eigenvalue weighted by molar-refractivity contribution is 5.69. The molecule has 4 nitrogen and oxygen atoms in total. The van der Waals surface area contributed by atoms with Crippen LogP contribution in [0.1, 0.15) is 46.5 Å². The molecule has 0 atom stereocenters. The zero-order valence-electron chi connectivity index (χ0n) is 12.5. The second kappa shape index (κ2) is 9.34. The Bertz CT molecular complexity index is 230. The van der Waals surface area contributed by atoms with E-state index in [0.29, 0.717) is 6.42 Å². The van der Waals surface area contributed by atoms with E-state index in [1.165, 1.54) is 20.0 Å². The van der Waals surface area contributed by atoms with Gasteiger partial charge in [0.25, 0.3) is 0 Å². The number of esters is 1. The van der Waals surface area contributed by atoms with E-state index in [-0.39, 0.29) is 11.4 Å². The van der Waals surface area contributed by atoms with Gasteiger partial charge < -0.3 is 15.4 Å². The Kier molecular flexibility index (Phi) is 9.02. The van der Waals surface area contributed by atoms with Crippen LogP contribution in [0.2, 0.25) is 0 Å². The van der Waals surface area contributed by atoms with Crippen molar-refractivity contribution in [1.29, 1.82) is 0 Å². The Morgan fingerprint density at radius 1 is 1.28 bits per heavy atom. The predicted octanol–water partition coefficient (Wildman–Crippen LogP) is 2.03. The zero-order valence-corrected chi connectivity index (χ0v) is 12.5. The molecule has 0 radical (unpaired) electrons. The minimum Gasteiger partial charge on any atom is -0.469 e. The largest absolute Gasteiger partial charge is 0.469 e. The molecule has 108 valence electrons. The summed E-state index contributed by atoms with van der Waals surface area (Å²) in [6.45, 7) is 10.1. The van der Waals surface area contributed by atoms with Crippen LogP contribution in [0.3, 0.4) is 0 Å². The van der Waals surface area contributed by atoms with Crippen molar-refractivity contribution in [2.45, 2.75) is 46.5 Å². The van der Waals surface area contributed by atoms with Gasteiger partial charge in [0.05, 0.1) is 13.5 Å². The van der Waals surface area contributed by atoms with E-state index in [9.17, 15) is 4.79 Å². The lowest BCUT2D eigenvalue weighted by atomic mass is 9.87. The van der Waals surface area contributed by atoms with Gasteiger partial charge in [-0.05, 0) is 37.9 Å². The van der Waals surface area contributed by atoms with Gasteiger partial charge in [-0.25, -0.2) is 0 Å². The van der Waals surface area contributed by atoms with Gasteiger partial charge in [-0.3, -0.25) is 4.79 Å². The molecule has 0 bridgehead atoms. The van der Waals surface area contributed by atoms with Crippen LogP contribution < -0.4 is 5.73 Å². The average Bonchev–Trinajstić information content (AvgIpc) is 2.37. The lowest BCUT2D eigenvalue weighted by Crippen LogP contribution is -2.28. The fourth-order valence-electron chi connectivity index (χ4n) is 1.82. The van der Waals surface area contributed by atoms with Gasteiger partial charge in [-0.15, -0.1) is 0 Å². The molecule has 0 aromatic carbocycles. The fourth-order valence-corrected chi connectivity index (χ4v) is 1.82. The predicted molar refractivity (Wildman–Crippen MR) is 75.4 cm³/mol. The van der Waals surface area contributed by atoms with Crippen molar-refractivity contribution < 1.29 is 9.53 Å². The number of hydrogen-bond acceptors (Lipinski definition) is 4. The van der Waals surface area contributed by atoms with Crippen molar-refractivity contribution in [1.82, 2.24) is 4.90 Å². The first-order valence-corrected chi connectivity index (χ1v) is 6.94. The smallest absolute Gasteiger partial charge is 0.306 e. The fraction of sp³-hybridized carbons (Fsp3) is 0.929. The van der Waals surface area contributed by atoms with Crippen molar-refractivity contribution in [2.75, 3.05) is 33.3 Å². The SMILES string of the molecule is CCN(CCCCC(C)(C)CN)CCC(=O)OC. The first-order chi connectivity index (χ1) is 8.45. The van der Waals surface area contributed by atoms with Crippen LogP contribution in [0, 0.1) is 5.41 Å². The number of nitrogens with two attached hydrogens (primary N) is 1. The van der Waals surface area contributed by atoms with Gasteiger partial charge in [0.15, 0.2) is 0 Å². The highest BCUT2D eigenvalue weighted by Gasteiger charge is 2.14. The van der Waals surface area contributed by atoms with E-state index >= 15 is 0 Å². The van der Waals surface area contributed by atoms with E-state index in [1.807, 2.05) is 0 Å². The first kappa shape index (κ1) is 17.4. The normalized spacial score (nSPS) is 11.9. The third-order valence-electron chi connectivity index (χ3n) is 3.44. The highest BCUT2D eigenvalue weighted by Crippen LogP contribution is 2.21. The number of methoxy groups -OCH3 is 1. The summed E-state index contributed by atoms with van der Waals surface area (Å²) < 4.78 is 4.65. The molecule has 4 heteroatoms. The summed E-state index contributed by atoms with van der Waals surface area (Å²) >= 11 is 0. The summed E-state index contributed by atoms with van der Waals surface area (Å²) in [6, 6.07) is 0. The minimum absolute atomic E-state index is 0.127. The van der Waals surface area contributed by atoms with Crippen LogP contribution in [0.4, 0.5) is 0 Å². The molecule has 0 saturated carbocycles. The van der Waals surface area contributed by atoms with Gasteiger partial charge in [-0.1, -0.05) is 27.2 Å². The molecule has 0 aliphatic carbocycles. The molecule has 0 aromatic rings. The van der Waals surface area contributed by atoms with Crippen LogP contribution >= 0.6 is 0 Å². The summed E-state index contributed by atoms with van der Waals surface area (Å²) in [5.41, 5.74) is 5.96. The van der Waals surface area contributed by atoms with E-state index in [0.717, 1.165) is 32.6 Å². The van der Waals surface area contributed by atoms with Gasteiger partial charge >= 0.3 is 5.97 Å². The lowest BCUT2D eigenvalue weighted by molar-refractivity contribution is -0.140. The third-order valence-corrected chi connectivity index (χ3v) is 3.44. The molecule has 0 spiro atoms. The maximum atomic E-state index is 11.1. The summed E-state index contributed by atoms with van der Waals surface area (Å²) in [5, 5.41) is 0. The molecule has 0 fully saturated rings. The third kappa shape index (κ3) is 8.48. The van der Waals surface area contributed by atoms with Gasteiger partial charge in [-0.2, -0.15) is 0 Å². The number of carbonyl (C=O) groups is 1. The zero-order chi connectivity index (χ0) is 14.0. The number of nitrogens with zero attached hydrogens (tertiary/aromatic N) is 1. The molecule has 0 aromatic heterocycles. The Morgan fingerprint density at radius 2 is 1.94 bits per heavy atom. The summed E-state index contributed by atoms with van der Waals surface area (Å²) in [6.07, 6.45) is 4.01. The number of ether oxygens (including phenoxy) is 1. The maximum Gasteiger partial charge on any atom is 0.306 e. The van der Waals surface area contributed by atoms with Crippen LogP contribution in [0.5, 0.6) is 0 Å². The van der Waals surface area contributed by atoms with Gasteiger partial charge in [0.2, 0.25) is 0 Å². The average molecular weight is 258 g/mol. The maximum absolute atomic E-state index is 11.1. The molecule has 0 rings (SSSR count). The molecule has 0 aliphatic heterocycles. The molecule has 0 amide bonds. The van der Waals surface area contributed by atoms with Crippen molar-refractivity contribution >= 4 is 5.97 Å². The van der Waals surface area contributed by atoms with Gasteiger partial charge in [0.1, 0.15) is 0 Å². The molecule has 0 heterocycles. The Balaban J connectivity index is 3.71. The minimum atomic E-state index is -0.127. The quantitative estimate of drug-likeness (QED) is 0.481. The highest BCUT2D eigenvalue weighted by atomic mass is 16.5. The van der Waals surface area contributed by atoms with Crippen molar-refractivity contribution in [2.24, 2.45) is 11.1 Å². The summed E-state index contributed by atoms with van der Waals surface area (Å²) in [4.78, 5) is 13.4. The molecule has 0 saturated heterocycles. The van der Waals surface area contributed by atoms with Crippen LogP contribution in [0.25, 0.3) is 0 Å². The summed E-state index contributed by atoms with van der Waals surface area (Å²) in [5.74, 6) is -0.127. The molecule has 2 N–H and O–H groups in total. The van der Waals surface area contributed by atoms with E-state index < -0.39 is 0 Å². The van der Waals surface area contributed by atoms with Crippen molar-refractivity contribution in [3.63, 3.8) is 0 Å². The molecular weight excluding hydrogens is 228 g/mol. The Morgan fingerprint density at radius 3 is 2.44 bits per heavy atom. The van der Waals surface area contributed by atoms with Crippen LogP contribution in [-0.4, -0.2) is 44.2 Å². The lowest BCUT2D eigenvalue weighted by Gasteiger charge is -2.24. The van der Waals surface area contributed by atoms with E-state index in [4.69, 9.17) is 5.73 Å². The molecule has 0 aliphatic rings. The van der Waals surface area contributed by atoms with Crippen LogP contribution in [-0.2, 0) is 9.53 Å². The topological polar surface area (TPSA) is 55.6 Å². The molecular formula is C14H30N2O2. The van der Waals surface area contributed by atoms with E-state index in [2.05, 4.69) is 30.4 Å². The Hall–Kier alpha value is -0.610. The molecule has 0 unspecified atom stereocenters. The van der Waals surface area contributed by atoms with E-state index in [1.54, 1.807) is 0 Å².